The highest BCUT2D eigenvalue weighted by molar-refractivity contribution is 6.26. The first kappa shape index (κ1) is 25.5. The molecule has 7 aromatic rings. The molecule has 0 aliphatic carbocycles. The molecule has 5 nitrogen and oxygen atoms in total. The van der Waals surface area contributed by atoms with Gasteiger partial charge in [-0.15, -0.1) is 0 Å². The van der Waals surface area contributed by atoms with Crippen LogP contribution in [-0.2, 0) is 9.59 Å². The highest BCUT2D eigenvalue weighted by Crippen LogP contribution is 2.49. The smallest absolute Gasteiger partial charge is 0.240 e. The van der Waals surface area contributed by atoms with Crippen LogP contribution in [0.3, 0.4) is 0 Å². The molecule has 5 aromatic carbocycles. The molecule has 2 amide bonds. The van der Waals surface area contributed by atoms with E-state index in [-0.39, 0.29) is 11.8 Å². The molecule has 43 heavy (non-hydrogen) atoms. The predicted octanol–water partition coefficient (Wildman–Crippen LogP) is 8.81. The molecule has 0 spiro atoms. The van der Waals surface area contributed by atoms with E-state index in [9.17, 15) is 9.59 Å². The lowest BCUT2D eigenvalue weighted by molar-refractivity contribution is -0.129. The van der Waals surface area contributed by atoms with Crippen molar-refractivity contribution < 1.29 is 9.59 Å². The Bertz CT molecular complexity index is 2250. The minimum atomic E-state index is -0.805. The van der Waals surface area contributed by atoms with Gasteiger partial charge >= 0.3 is 0 Å². The largest absolute Gasteiger partial charge is 0.309 e. The van der Waals surface area contributed by atoms with Gasteiger partial charge in [0.05, 0.1) is 38.6 Å². The molecule has 0 unspecified atom stereocenters. The normalized spacial score (nSPS) is 16.3. The minimum absolute atomic E-state index is 0.168. The number of benzene rings is 5. The standard InChI is InChI=1S/C38H31N3O2/c1-37(2)35(42)41(36(43)38(37,3)4)26-19-20-28-30-23-33-29(22-34(30)40(32(28)21-26)25-15-9-6-10-16-25)27-17-11-12-18-31(27)39(33)24-13-7-5-8-14-24/h5-23H,1-4H3. The Morgan fingerprint density at radius 2 is 0.860 bits per heavy atom. The quantitative estimate of drug-likeness (QED) is 0.202. The molecule has 1 aliphatic heterocycles. The first-order valence-electron chi connectivity index (χ1n) is 14.7. The second-order valence-electron chi connectivity index (χ2n) is 12.6. The second-order valence-corrected chi connectivity index (χ2v) is 12.6. The van der Waals surface area contributed by atoms with Crippen molar-refractivity contribution in [2.24, 2.45) is 10.8 Å². The molecule has 3 heterocycles. The summed E-state index contributed by atoms with van der Waals surface area (Å²) in [5.41, 5.74) is 5.43. The van der Waals surface area contributed by atoms with Crippen LogP contribution in [0.2, 0.25) is 0 Å². The number of anilines is 1. The molecule has 1 aliphatic rings. The van der Waals surface area contributed by atoms with E-state index in [0.717, 1.165) is 44.2 Å². The molecule has 0 atom stereocenters. The Morgan fingerprint density at radius 1 is 0.419 bits per heavy atom. The first-order valence-corrected chi connectivity index (χ1v) is 14.7. The fourth-order valence-electron chi connectivity index (χ4n) is 6.74. The van der Waals surface area contributed by atoms with Crippen LogP contribution >= 0.6 is 0 Å². The van der Waals surface area contributed by atoms with Gasteiger partial charge in [0.15, 0.2) is 0 Å². The maximum atomic E-state index is 13.6. The number of nitrogens with zero attached hydrogens (tertiary/aromatic N) is 3. The summed E-state index contributed by atoms with van der Waals surface area (Å²) in [6.45, 7) is 7.46. The van der Waals surface area contributed by atoms with E-state index in [0.29, 0.717) is 5.69 Å². The minimum Gasteiger partial charge on any atom is -0.309 e. The van der Waals surface area contributed by atoms with E-state index in [4.69, 9.17) is 0 Å². The third-order valence-corrected chi connectivity index (χ3v) is 9.87. The molecule has 1 fully saturated rings. The number of rotatable bonds is 3. The predicted molar refractivity (Wildman–Crippen MR) is 175 cm³/mol. The Kier molecular flexibility index (Phi) is 5.16. The van der Waals surface area contributed by atoms with Crippen molar-refractivity contribution in [1.82, 2.24) is 9.13 Å². The van der Waals surface area contributed by atoms with Crippen molar-refractivity contribution in [3.05, 3.63) is 115 Å². The van der Waals surface area contributed by atoms with Gasteiger partial charge < -0.3 is 9.13 Å². The molecule has 5 heteroatoms. The van der Waals surface area contributed by atoms with Gasteiger partial charge in [0.25, 0.3) is 0 Å². The van der Waals surface area contributed by atoms with Gasteiger partial charge in [0.1, 0.15) is 0 Å². The van der Waals surface area contributed by atoms with E-state index in [1.54, 1.807) is 0 Å². The lowest BCUT2D eigenvalue weighted by Gasteiger charge is -2.28. The maximum Gasteiger partial charge on any atom is 0.240 e. The number of amides is 2. The third kappa shape index (κ3) is 3.33. The number of fused-ring (bicyclic) bond motifs is 6. The van der Waals surface area contributed by atoms with E-state index < -0.39 is 10.8 Å². The number of carbonyl (C=O) groups excluding carboxylic acids is 2. The van der Waals surface area contributed by atoms with Crippen LogP contribution in [0.5, 0.6) is 0 Å². The molecule has 0 radical (unpaired) electrons. The zero-order valence-corrected chi connectivity index (χ0v) is 24.6. The Labute approximate surface area is 249 Å². The molecular formula is C38H31N3O2. The molecule has 0 N–H and O–H groups in total. The summed E-state index contributed by atoms with van der Waals surface area (Å²) >= 11 is 0. The van der Waals surface area contributed by atoms with Gasteiger partial charge in [-0.25, -0.2) is 4.90 Å². The summed E-state index contributed by atoms with van der Waals surface area (Å²) in [6.07, 6.45) is 0. The van der Waals surface area contributed by atoms with Crippen molar-refractivity contribution in [3.63, 3.8) is 0 Å². The number of aromatic nitrogens is 2. The van der Waals surface area contributed by atoms with Gasteiger partial charge in [-0.1, -0.05) is 60.7 Å². The van der Waals surface area contributed by atoms with Crippen molar-refractivity contribution >= 4 is 61.1 Å². The van der Waals surface area contributed by atoms with E-state index >= 15 is 0 Å². The van der Waals surface area contributed by atoms with Crippen LogP contribution in [0, 0.1) is 10.8 Å². The molecule has 2 aromatic heterocycles. The summed E-state index contributed by atoms with van der Waals surface area (Å²) in [7, 11) is 0. The van der Waals surface area contributed by atoms with Crippen LogP contribution in [0.15, 0.2) is 115 Å². The molecular weight excluding hydrogens is 530 g/mol. The van der Waals surface area contributed by atoms with Gasteiger partial charge in [-0.3, -0.25) is 9.59 Å². The number of carbonyl (C=O) groups is 2. The van der Waals surface area contributed by atoms with Crippen LogP contribution in [0.1, 0.15) is 27.7 Å². The molecule has 8 rings (SSSR count). The number of hydrogen-bond acceptors (Lipinski definition) is 2. The highest BCUT2D eigenvalue weighted by Gasteiger charge is 2.59. The zero-order valence-electron chi connectivity index (χ0n) is 24.6. The summed E-state index contributed by atoms with van der Waals surface area (Å²) in [5, 5.41) is 4.52. The monoisotopic (exact) mass is 561 g/mol. The van der Waals surface area contributed by atoms with Crippen molar-refractivity contribution in [1.29, 1.82) is 0 Å². The molecule has 1 saturated heterocycles. The summed E-state index contributed by atoms with van der Waals surface area (Å²) in [4.78, 5) is 28.7. The molecule has 0 saturated carbocycles. The second kappa shape index (κ2) is 8.68. The Balaban J connectivity index is 1.47. The SMILES string of the molecule is CC1(C)C(=O)N(c2ccc3c4cc5c(cc4n(-c4ccccc4)c3c2)c2ccccc2n5-c2ccccc2)C(=O)C1(C)C. The average Bonchev–Trinajstić information content (AvgIpc) is 3.55. The Morgan fingerprint density at radius 3 is 1.42 bits per heavy atom. The van der Waals surface area contributed by atoms with Crippen LogP contribution < -0.4 is 4.90 Å². The first-order chi connectivity index (χ1) is 20.7. The molecule has 210 valence electrons. The topological polar surface area (TPSA) is 47.2 Å². The van der Waals surface area contributed by atoms with Gasteiger partial charge in [-0.2, -0.15) is 0 Å². The fourth-order valence-corrected chi connectivity index (χ4v) is 6.74. The van der Waals surface area contributed by atoms with Gasteiger partial charge in [-0.05, 0) is 82.3 Å². The third-order valence-electron chi connectivity index (χ3n) is 9.87. The fraction of sp³-hybridized carbons (Fsp3) is 0.158. The van der Waals surface area contributed by atoms with Gasteiger partial charge in [0.2, 0.25) is 11.8 Å². The van der Waals surface area contributed by atoms with Crippen LogP contribution in [0.4, 0.5) is 5.69 Å². The lowest BCUT2D eigenvalue weighted by Crippen LogP contribution is -2.35. The number of hydrogen-bond donors (Lipinski definition) is 0. The van der Waals surface area contributed by atoms with Crippen LogP contribution in [0.25, 0.3) is 55.0 Å². The maximum absolute atomic E-state index is 13.6. The average molecular weight is 562 g/mol. The van der Waals surface area contributed by atoms with E-state index in [1.807, 2.05) is 64.1 Å². The number of imide groups is 1. The van der Waals surface area contributed by atoms with E-state index in [1.165, 1.54) is 15.7 Å². The highest BCUT2D eigenvalue weighted by atomic mass is 16.2. The van der Waals surface area contributed by atoms with E-state index in [2.05, 4.69) is 88.0 Å². The molecule has 0 bridgehead atoms. The number of para-hydroxylation sites is 3. The van der Waals surface area contributed by atoms with Gasteiger partial charge in [0, 0.05) is 32.9 Å². The van der Waals surface area contributed by atoms with Crippen LogP contribution in [-0.4, -0.2) is 20.9 Å². The summed E-state index contributed by atoms with van der Waals surface area (Å²) in [5.74, 6) is -0.336. The lowest BCUT2D eigenvalue weighted by atomic mass is 9.70. The van der Waals surface area contributed by atoms with Crippen molar-refractivity contribution in [3.8, 4) is 11.4 Å². The Hall–Kier alpha value is -5.16. The van der Waals surface area contributed by atoms with Crippen molar-refractivity contribution in [2.75, 3.05) is 4.90 Å². The zero-order chi connectivity index (χ0) is 29.7. The summed E-state index contributed by atoms with van der Waals surface area (Å²) in [6, 6.07) is 39.9. The van der Waals surface area contributed by atoms with Crippen molar-refractivity contribution in [2.45, 2.75) is 27.7 Å². The summed E-state index contributed by atoms with van der Waals surface area (Å²) < 4.78 is 4.58.